The molecule has 0 aliphatic rings. The molecule has 0 radical (unpaired) electrons. The smallest absolute Gasteiger partial charge is 0.266 e. The van der Waals surface area contributed by atoms with Crippen LogP contribution in [0.5, 0.6) is 5.75 Å². The quantitative estimate of drug-likeness (QED) is 0.187. The van der Waals surface area contributed by atoms with Gasteiger partial charge in [0.1, 0.15) is 5.75 Å². The van der Waals surface area contributed by atoms with Gasteiger partial charge in [-0.1, -0.05) is 54.2 Å². The van der Waals surface area contributed by atoms with Gasteiger partial charge in [0.25, 0.3) is 11.5 Å². The van der Waals surface area contributed by atoms with Gasteiger partial charge >= 0.3 is 0 Å². The van der Waals surface area contributed by atoms with Crippen LogP contribution in [-0.2, 0) is 4.79 Å². The molecule has 3 aromatic carbocycles. The SMILES string of the molecule is CCOc1ccccc1/C=N/NC(=O)CSc1nc2ccccc2c(=O)n1-c1ccccc1. The Morgan fingerprint density at radius 1 is 1.06 bits per heavy atom. The lowest BCUT2D eigenvalue weighted by molar-refractivity contribution is -0.118. The van der Waals surface area contributed by atoms with Gasteiger partial charge in [0.05, 0.1) is 35.2 Å². The first-order chi connectivity index (χ1) is 16.2. The van der Waals surface area contributed by atoms with Crippen molar-refractivity contribution in [1.82, 2.24) is 15.0 Å². The third kappa shape index (κ3) is 5.30. The van der Waals surface area contributed by atoms with Gasteiger partial charge in [0, 0.05) is 5.56 Å². The molecule has 4 rings (SSSR count). The van der Waals surface area contributed by atoms with Crippen LogP contribution in [0.15, 0.2) is 93.9 Å². The third-order valence-electron chi connectivity index (χ3n) is 4.70. The molecule has 8 heteroatoms. The lowest BCUT2D eigenvalue weighted by atomic mass is 10.2. The van der Waals surface area contributed by atoms with Crippen LogP contribution in [0.2, 0.25) is 0 Å². The first-order valence-electron chi connectivity index (χ1n) is 10.4. The van der Waals surface area contributed by atoms with E-state index >= 15 is 0 Å². The van der Waals surface area contributed by atoms with Gasteiger partial charge < -0.3 is 4.74 Å². The number of thioether (sulfide) groups is 1. The molecule has 4 aromatic rings. The number of hydrogen-bond acceptors (Lipinski definition) is 6. The van der Waals surface area contributed by atoms with Gasteiger partial charge in [-0.15, -0.1) is 0 Å². The Balaban J connectivity index is 1.52. The van der Waals surface area contributed by atoms with Crippen LogP contribution in [0.25, 0.3) is 16.6 Å². The van der Waals surface area contributed by atoms with E-state index < -0.39 is 0 Å². The maximum Gasteiger partial charge on any atom is 0.266 e. The summed E-state index contributed by atoms with van der Waals surface area (Å²) in [4.78, 5) is 30.2. The Morgan fingerprint density at radius 3 is 2.61 bits per heavy atom. The van der Waals surface area contributed by atoms with Gasteiger partial charge in [0.15, 0.2) is 5.16 Å². The predicted octanol–water partition coefficient (Wildman–Crippen LogP) is 4.03. The molecule has 0 atom stereocenters. The molecule has 1 aromatic heterocycles. The van der Waals surface area contributed by atoms with Crippen molar-refractivity contribution in [2.75, 3.05) is 12.4 Å². The standard InChI is InChI=1S/C25H22N4O3S/c1-2-32-22-15-9-6-10-18(22)16-26-28-23(30)17-33-25-27-21-14-8-7-13-20(21)24(31)29(25)19-11-4-3-5-12-19/h3-16H,2,17H2,1H3,(H,28,30)/b26-16+. The second-order valence-corrected chi connectivity index (χ2v) is 7.88. The largest absolute Gasteiger partial charge is 0.493 e. The van der Waals surface area contributed by atoms with Crippen molar-refractivity contribution in [2.45, 2.75) is 12.1 Å². The Labute approximate surface area is 195 Å². The Hall–Kier alpha value is -3.91. The molecular formula is C25H22N4O3S. The maximum absolute atomic E-state index is 13.2. The number of carbonyl (C=O) groups excluding carboxylic acids is 1. The van der Waals surface area contributed by atoms with Gasteiger partial charge in [-0.3, -0.25) is 14.2 Å². The number of amides is 1. The molecule has 1 N–H and O–H groups in total. The molecule has 0 aliphatic carbocycles. The van der Waals surface area contributed by atoms with E-state index in [2.05, 4.69) is 15.5 Å². The Kier molecular flexibility index (Phi) is 7.16. The van der Waals surface area contributed by atoms with Crippen molar-refractivity contribution in [3.63, 3.8) is 0 Å². The summed E-state index contributed by atoms with van der Waals surface area (Å²) in [6.07, 6.45) is 1.54. The van der Waals surface area contributed by atoms with E-state index in [9.17, 15) is 9.59 Å². The Bertz CT molecular complexity index is 1350. The average molecular weight is 459 g/mol. The number of rotatable bonds is 8. The number of fused-ring (bicyclic) bond motifs is 1. The monoisotopic (exact) mass is 458 g/mol. The van der Waals surface area contributed by atoms with E-state index in [1.54, 1.807) is 18.3 Å². The van der Waals surface area contributed by atoms with Crippen LogP contribution in [-0.4, -0.2) is 34.0 Å². The zero-order chi connectivity index (χ0) is 23.0. The first-order valence-corrected chi connectivity index (χ1v) is 11.4. The fourth-order valence-electron chi connectivity index (χ4n) is 3.22. The molecule has 1 heterocycles. The number of aromatic nitrogens is 2. The topological polar surface area (TPSA) is 85.6 Å². The highest BCUT2D eigenvalue weighted by molar-refractivity contribution is 7.99. The minimum absolute atomic E-state index is 0.0437. The summed E-state index contributed by atoms with van der Waals surface area (Å²) in [5.74, 6) is 0.425. The first kappa shape index (κ1) is 22.3. The van der Waals surface area contributed by atoms with E-state index in [-0.39, 0.29) is 17.2 Å². The molecule has 1 amide bonds. The molecule has 33 heavy (non-hydrogen) atoms. The minimum Gasteiger partial charge on any atom is -0.493 e. The van der Waals surface area contributed by atoms with E-state index in [0.717, 1.165) is 5.56 Å². The lowest BCUT2D eigenvalue weighted by Crippen LogP contribution is -2.24. The van der Waals surface area contributed by atoms with Crippen molar-refractivity contribution in [2.24, 2.45) is 5.10 Å². The van der Waals surface area contributed by atoms with E-state index in [1.807, 2.05) is 73.7 Å². The van der Waals surface area contributed by atoms with E-state index in [4.69, 9.17) is 4.74 Å². The number of para-hydroxylation sites is 3. The molecule has 0 spiro atoms. The molecule has 0 saturated heterocycles. The van der Waals surface area contributed by atoms with Gasteiger partial charge in [-0.2, -0.15) is 5.10 Å². The molecule has 0 fully saturated rings. The Morgan fingerprint density at radius 2 is 1.79 bits per heavy atom. The summed E-state index contributed by atoms with van der Waals surface area (Å²) in [5.41, 5.74) is 4.38. The molecule has 0 bridgehead atoms. The average Bonchev–Trinajstić information content (AvgIpc) is 2.84. The highest BCUT2D eigenvalue weighted by Crippen LogP contribution is 2.21. The van der Waals surface area contributed by atoms with Crippen LogP contribution in [0.3, 0.4) is 0 Å². The van der Waals surface area contributed by atoms with E-state index in [0.29, 0.717) is 34.1 Å². The van der Waals surface area contributed by atoms with Gasteiger partial charge in [-0.05, 0) is 43.3 Å². The van der Waals surface area contributed by atoms with Crippen LogP contribution in [0, 0.1) is 0 Å². The number of hydrazone groups is 1. The number of ether oxygens (including phenoxy) is 1. The summed E-state index contributed by atoms with van der Waals surface area (Å²) in [6, 6.07) is 23.9. The highest BCUT2D eigenvalue weighted by Gasteiger charge is 2.14. The molecule has 0 unspecified atom stereocenters. The zero-order valence-corrected chi connectivity index (χ0v) is 18.8. The van der Waals surface area contributed by atoms with Crippen molar-refractivity contribution in [1.29, 1.82) is 0 Å². The minimum atomic E-state index is -0.313. The van der Waals surface area contributed by atoms with Gasteiger partial charge in [-0.25, -0.2) is 10.4 Å². The van der Waals surface area contributed by atoms with Crippen LogP contribution in [0.4, 0.5) is 0 Å². The van der Waals surface area contributed by atoms with Crippen LogP contribution in [0.1, 0.15) is 12.5 Å². The number of carbonyl (C=O) groups is 1. The molecule has 0 aliphatic heterocycles. The predicted molar refractivity (Wildman–Crippen MR) is 131 cm³/mol. The van der Waals surface area contributed by atoms with E-state index in [1.165, 1.54) is 16.3 Å². The number of nitrogens with zero attached hydrogens (tertiary/aromatic N) is 3. The summed E-state index contributed by atoms with van der Waals surface area (Å²) in [5, 5.41) is 4.99. The normalized spacial score (nSPS) is 11.1. The summed E-state index contributed by atoms with van der Waals surface area (Å²) in [6.45, 7) is 2.44. The van der Waals surface area contributed by atoms with Gasteiger partial charge in [0.2, 0.25) is 0 Å². The molecule has 7 nitrogen and oxygen atoms in total. The number of nitrogens with one attached hydrogen (secondary N) is 1. The summed E-state index contributed by atoms with van der Waals surface area (Å²) < 4.78 is 7.08. The highest BCUT2D eigenvalue weighted by atomic mass is 32.2. The van der Waals surface area contributed by atoms with Crippen molar-refractivity contribution < 1.29 is 9.53 Å². The second kappa shape index (κ2) is 10.6. The number of hydrogen-bond donors (Lipinski definition) is 1. The fraction of sp³-hybridized carbons (Fsp3) is 0.120. The van der Waals surface area contributed by atoms with Crippen molar-refractivity contribution >= 4 is 34.8 Å². The second-order valence-electron chi connectivity index (χ2n) is 6.94. The van der Waals surface area contributed by atoms with Crippen molar-refractivity contribution in [3.05, 3.63) is 94.8 Å². The number of benzene rings is 3. The van der Waals surface area contributed by atoms with Crippen molar-refractivity contribution in [3.8, 4) is 11.4 Å². The molecular weight excluding hydrogens is 436 g/mol. The maximum atomic E-state index is 13.2. The van der Waals surface area contributed by atoms with Crippen LogP contribution >= 0.6 is 11.8 Å². The summed E-state index contributed by atoms with van der Waals surface area (Å²) in [7, 11) is 0. The molecule has 166 valence electrons. The molecule has 0 saturated carbocycles. The van der Waals surface area contributed by atoms with Crippen LogP contribution < -0.4 is 15.7 Å². The third-order valence-corrected chi connectivity index (χ3v) is 5.64. The summed E-state index contributed by atoms with van der Waals surface area (Å²) >= 11 is 1.18. The fourth-order valence-corrected chi connectivity index (χ4v) is 4.03. The lowest BCUT2D eigenvalue weighted by Gasteiger charge is -2.12. The zero-order valence-electron chi connectivity index (χ0n) is 18.0.